The molecule has 0 atom stereocenters. The summed E-state index contributed by atoms with van der Waals surface area (Å²) in [5.41, 5.74) is 3.16. The molecular formula is C16H16BrN5. The first-order valence-electron chi connectivity index (χ1n) is 6.96. The van der Waals surface area contributed by atoms with Crippen LogP contribution in [0, 0.1) is 13.8 Å². The van der Waals surface area contributed by atoms with Gasteiger partial charge in [0.25, 0.3) is 0 Å². The molecule has 112 valence electrons. The standard InChI is InChI=1S/C16H16BrN5/c1-11-7-12(2)22(21-11)16-6-3-13(9-20-16)8-18-15-5-4-14(17)10-19-15/h3-7,9-10H,8H2,1-2H3,(H,18,19). The average molecular weight is 358 g/mol. The van der Waals surface area contributed by atoms with E-state index < -0.39 is 0 Å². The Morgan fingerprint density at radius 2 is 1.95 bits per heavy atom. The largest absolute Gasteiger partial charge is 0.366 e. The molecule has 1 N–H and O–H groups in total. The van der Waals surface area contributed by atoms with Crippen LogP contribution in [-0.2, 0) is 6.54 Å². The zero-order valence-electron chi connectivity index (χ0n) is 12.4. The third-order valence-corrected chi connectivity index (χ3v) is 3.71. The Labute approximate surface area is 137 Å². The highest BCUT2D eigenvalue weighted by Gasteiger charge is 2.05. The number of nitrogens with zero attached hydrogens (tertiary/aromatic N) is 4. The summed E-state index contributed by atoms with van der Waals surface area (Å²) in [5.74, 6) is 1.67. The van der Waals surface area contributed by atoms with Crippen molar-refractivity contribution in [2.75, 3.05) is 5.32 Å². The van der Waals surface area contributed by atoms with E-state index >= 15 is 0 Å². The van der Waals surface area contributed by atoms with Crippen molar-refractivity contribution in [3.8, 4) is 5.82 Å². The molecule has 0 aliphatic carbocycles. The maximum atomic E-state index is 4.48. The lowest BCUT2D eigenvalue weighted by Crippen LogP contribution is -2.04. The van der Waals surface area contributed by atoms with Crippen LogP contribution in [0.25, 0.3) is 5.82 Å². The molecule has 3 aromatic heterocycles. The molecule has 0 spiro atoms. The summed E-state index contributed by atoms with van der Waals surface area (Å²) in [6.45, 7) is 4.68. The van der Waals surface area contributed by atoms with Gasteiger partial charge in [-0.2, -0.15) is 5.10 Å². The predicted molar refractivity (Wildman–Crippen MR) is 90.1 cm³/mol. The zero-order chi connectivity index (χ0) is 15.5. The number of pyridine rings is 2. The third-order valence-electron chi connectivity index (χ3n) is 3.24. The summed E-state index contributed by atoms with van der Waals surface area (Å²) in [6.07, 6.45) is 3.63. The number of hydrogen-bond acceptors (Lipinski definition) is 4. The summed E-state index contributed by atoms with van der Waals surface area (Å²) in [5, 5.41) is 7.70. The van der Waals surface area contributed by atoms with Crippen LogP contribution in [0.5, 0.6) is 0 Å². The summed E-state index contributed by atoms with van der Waals surface area (Å²) in [7, 11) is 0. The summed E-state index contributed by atoms with van der Waals surface area (Å²) in [6, 6.07) is 9.95. The molecule has 0 aromatic carbocycles. The Morgan fingerprint density at radius 1 is 1.09 bits per heavy atom. The highest BCUT2D eigenvalue weighted by atomic mass is 79.9. The van der Waals surface area contributed by atoms with Crippen LogP contribution in [0.3, 0.4) is 0 Å². The number of aromatic nitrogens is 4. The molecule has 0 unspecified atom stereocenters. The summed E-state index contributed by atoms with van der Waals surface area (Å²) >= 11 is 3.37. The van der Waals surface area contributed by atoms with E-state index in [1.165, 1.54) is 0 Å². The number of anilines is 1. The van der Waals surface area contributed by atoms with E-state index in [1.807, 2.05) is 55.1 Å². The van der Waals surface area contributed by atoms with Crippen molar-refractivity contribution in [2.45, 2.75) is 20.4 Å². The molecule has 0 saturated heterocycles. The fraction of sp³-hybridized carbons (Fsp3) is 0.188. The number of nitrogens with one attached hydrogen (secondary N) is 1. The maximum absolute atomic E-state index is 4.48. The number of rotatable bonds is 4. The van der Waals surface area contributed by atoms with Crippen molar-refractivity contribution >= 4 is 21.7 Å². The molecule has 3 heterocycles. The van der Waals surface area contributed by atoms with Gasteiger partial charge in [0.15, 0.2) is 5.82 Å². The highest BCUT2D eigenvalue weighted by molar-refractivity contribution is 9.10. The molecule has 5 nitrogen and oxygen atoms in total. The van der Waals surface area contributed by atoms with Gasteiger partial charge in [-0.3, -0.25) is 0 Å². The van der Waals surface area contributed by atoms with E-state index in [9.17, 15) is 0 Å². The first-order valence-corrected chi connectivity index (χ1v) is 7.75. The molecule has 0 saturated carbocycles. The monoisotopic (exact) mass is 357 g/mol. The Bertz CT molecular complexity index is 762. The topological polar surface area (TPSA) is 55.6 Å². The van der Waals surface area contributed by atoms with Crippen molar-refractivity contribution in [3.63, 3.8) is 0 Å². The van der Waals surface area contributed by atoms with Gasteiger partial charge in [-0.25, -0.2) is 14.6 Å². The Balaban J connectivity index is 1.69. The molecule has 3 rings (SSSR count). The fourth-order valence-corrected chi connectivity index (χ4v) is 2.41. The molecule has 0 fully saturated rings. The molecule has 6 heteroatoms. The number of hydrogen-bond donors (Lipinski definition) is 1. The van der Waals surface area contributed by atoms with Gasteiger partial charge in [0, 0.05) is 29.1 Å². The van der Waals surface area contributed by atoms with E-state index in [4.69, 9.17) is 0 Å². The number of aryl methyl sites for hydroxylation is 2. The van der Waals surface area contributed by atoms with Crippen molar-refractivity contribution in [1.29, 1.82) is 0 Å². The van der Waals surface area contributed by atoms with Crippen LogP contribution in [0.2, 0.25) is 0 Å². The van der Waals surface area contributed by atoms with E-state index in [2.05, 4.69) is 36.3 Å². The lowest BCUT2D eigenvalue weighted by Gasteiger charge is -2.07. The summed E-state index contributed by atoms with van der Waals surface area (Å²) in [4.78, 5) is 8.76. The second-order valence-corrected chi connectivity index (χ2v) is 5.99. The molecule has 0 bridgehead atoms. The van der Waals surface area contributed by atoms with Crippen molar-refractivity contribution in [3.05, 3.63) is 64.1 Å². The minimum atomic E-state index is 0.680. The predicted octanol–water partition coefficient (Wildman–Crippen LogP) is 3.65. The first kappa shape index (κ1) is 14.7. The fourth-order valence-electron chi connectivity index (χ4n) is 2.18. The average Bonchev–Trinajstić information content (AvgIpc) is 2.86. The van der Waals surface area contributed by atoms with Gasteiger partial charge in [0.2, 0.25) is 0 Å². The normalized spacial score (nSPS) is 10.7. The van der Waals surface area contributed by atoms with Gasteiger partial charge in [0.1, 0.15) is 5.82 Å². The van der Waals surface area contributed by atoms with Crippen LogP contribution in [0.4, 0.5) is 5.82 Å². The van der Waals surface area contributed by atoms with Gasteiger partial charge in [-0.1, -0.05) is 6.07 Å². The SMILES string of the molecule is Cc1cc(C)n(-c2ccc(CNc3ccc(Br)cn3)cn2)n1. The molecule has 0 aliphatic heterocycles. The maximum Gasteiger partial charge on any atom is 0.153 e. The minimum absolute atomic E-state index is 0.680. The van der Waals surface area contributed by atoms with E-state index in [0.717, 1.165) is 33.1 Å². The quantitative estimate of drug-likeness (QED) is 0.774. The third kappa shape index (κ3) is 3.33. The lowest BCUT2D eigenvalue weighted by atomic mass is 10.3. The van der Waals surface area contributed by atoms with Crippen molar-refractivity contribution in [1.82, 2.24) is 19.7 Å². The molecule has 0 aliphatic rings. The van der Waals surface area contributed by atoms with Crippen LogP contribution in [0.1, 0.15) is 17.0 Å². The smallest absolute Gasteiger partial charge is 0.153 e. The minimum Gasteiger partial charge on any atom is -0.366 e. The zero-order valence-corrected chi connectivity index (χ0v) is 14.0. The Kier molecular flexibility index (Phi) is 4.20. The van der Waals surface area contributed by atoms with Gasteiger partial charge in [-0.05, 0) is 59.6 Å². The van der Waals surface area contributed by atoms with Gasteiger partial charge < -0.3 is 5.32 Å². The second kappa shape index (κ2) is 6.27. The van der Waals surface area contributed by atoms with Crippen LogP contribution in [0.15, 0.2) is 47.2 Å². The number of halogens is 1. The van der Waals surface area contributed by atoms with E-state index in [-0.39, 0.29) is 0 Å². The van der Waals surface area contributed by atoms with Gasteiger partial charge in [0.05, 0.1) is 5.69 Å². The molecular weight excluding hydrogens is 342 g/mol. The van der Waals surface area contributed by atoms with E-state index in [0.29, 0.717) is 6.54 Å². The van der Waals surface area contributed by atoms with Crippen LogP contribution in [-0.4, -0.2) is 19.7 Å². The molecule has 0 radical (unpaired) electrons. The van der Waals surface area contributed by atoms with Gasteiger partial charge >= 0.3 is 0 Å². The van der Waals surface area contributed by atoms with Gasteiger partial charge in [-0.15, -0.1) is 0 Å². The van der Waals surface area contributed by atoms with Crippen molar-refractivity contribution < 1.29 is 0 Å². The molecule has 3 aromatic rings. The Morgan fingerprint density at radius 3 is 2.55 bits per heavy atom. The van der Waals surface area contributed by atoms with Crippen molar-refractivity contribution in [2.24, 2.45) is 0 Å². The van der Waals surface area contributed by atoms with E-state index in [1.54, 1.807) is 6.20 Å². The lowest BCUT2D eigenvalue weighted by molar-refractivity contribution is 0.804. The molecule has 0 amide bonds. The molecule has 22 heavy (non-hydrogen) atoms. The second-order valence-electron chi connectivity index (χ2n) is 5.08. The Hall–Kier alpha value is -2.21. The van der Waals surface area contributed by atoms with Crippen LogP contribution >= 0.6 is 15.9 Å². The summed E-state index contributed by atoms with van der Waals surface area (Å²) < 4.78 is 2.82. The first-order chi connectivity index (χ1) is 10.6. The van der Waals surface area contributed by atoms with Crippen LogP contribution < -0.4 is 5.32 Å². The highest BCUT2D eigenvalue weighted by Crippen LogP contribution is 2.13.